The molecule has 2 saturated heterocycles. The van der Waals surface area contributed by atoms with Crippen LogP contribution < -0.4 is 4.90 Å². The minimum Gasteiger partial charge on any atom is -0.377 e. The van der Waals surface area contributed by atoms with Crippen molar-refractivity contribution in [2.75, 3.05) is 37.7 Å². The number of amides is 1. The Morgan fingerprint density at radius 1 is 1.35 bits per heavy atom. The zero-order chi connectivity index (χ0) is 16.3. The number of carbonyl (C=O) groups is 1. The third-order valence-corrected chi connectivity index (χ3v) is 5.27. The van der Waals surface area contributed by atoms with Crippen molar-refractivity contribution < 1.29 is 9.53 Å². The standard InChI is InChI=1S/C17H26N4O2/c1-3-17(2)13-23-11-10-21(17)16(22)14-4-8-20(9-5-14)15-12-18-6-7-19-15/h6-7,12,14H,3-5,8-11,13H2,1-2H3. The molecule has 2 fully saturated rings. The van der Waals surface area contributed by atoms with Gasteiger partial charge in [-0.15, -0.1) is 0 Å². The first-order valence-electron chi connectivity index (χ1n) is 8.54. The average Bonchev–Trinajstić information content (AvgIpc) is 2.62. The lowest BCUT2D eigenvalue weighted by Gasteiger charge is -2.46. The summed E-state index contributed by atoms with van der Waals surface area (Å²) < 4.78 is 5.60. The molecule has 6 heteroatoms. The predicted octanol–water partition coefficient (Wildman–Crippen LogP) is 1.72. The summed E-state index contributed by atoms with van der Waals surface area (Å²) in [7, 11) is 0. The highest BCUT2D eigenvalue weighted by atomic mass is 16.5. The van der Waals surface area contributed by atoms with Gasteiger partial charge in [-0.2, -0.15) is 0 Å². The zero-order valence-corrected chi connectivity index (χ0v) is 14.1. The van der Waals surface area contributed by atoms with E-state index in [1.165, 1.54) is 0 Å². The quantitative estimate of drug-likeness (QED) is 0.849. The molecule has 0 aromatic carbocycles. The minimum atomic E-state index is -0.155. The molecular weight excluding hydrogens is 292 g/mol. The second-order valence-corrected chi connectivity index (χ2v) is 6.72. The molecule has 0 N–H and O–H groups in total. The van der Waals surface area contributed by atoms with Gasteiger partial charge in [-0.25, -0.2) is 4.98 Å². The summed E-state index contributed by atoms with van der Waals surface area (Å²) in [6.45, 7) is 8.01. The lowest BCUT2D eigenvalue weighted by molar-refractivity contribution is -0.153. The monoisotopic (exact) mass is 318 g/mol. The number of rotatable bonds is 3. The van der Waals surface area contributed by atoms with Crippen LogP contribution >= 0.6 is 0 Å². The van der Waals surface area contributed by atoms with Crippen molar-refractivity contribution >= 4 is 11.7 Å². The summed E-state index contributed by atoms with van der Waals surface area (Å²) in [5.41, 5.74) is -0.155. The number of carbonyl (C=O) groups excluding carboxylic acids is 1. The normalized spacial score (nSPS) is 26.3. The van der Waals surface area contributed by atoms with Gasteiger partial charge in [0.15, 0.2) is 0 Å². The molecule has 2 aliphatic rings. The van der Waals surface area contributed by atoms with E-state index in [9.17, 15) is 4.79 Å². The molecule has 3 rings (SSSR count). The average molecular weight is 318 g/mol. The Labute approximate surface area is 137 Å². The maximum absolute atomic E-state index is 13.0. The highest BCUT2D eigenvalue weighted by molar-refractivity contribution is 5.80. The summed E-state index contributed by atoms with van der Waals surface area (Å²) in [5, 5.41) is 0. The third kappa shape index (κ3) is 3.32. The first-order valence-corrected chi connectivity index (χ1v) is 8.54. The van der Waals surface area contributed by atoms with Gasteiger partial charge in [0, 0.05) is 37.9 Å². The van der Waals surface area contributed by atoms with Crippen LogP contribution in [-0.4, -0.2) is 59.2 Å². The van der Waals surface area contributed by atoms with Gasteiger partial charge < -0.3 is 14.5 Å². The minimum absolute atomic E-state index is 0.117. The molecule has 6 nitrogen and oxygen atoms in total. The molecule has 1 aromatic heterocycles. The van der Waals surface area contributed by atoms with Crippen molar-refractivity contribution in [3.63, 3.8) is 0 Å². The van der Waals surface area contributed by atoms with E-state index in [4.69, 9.17) is 4.74 Å². The first kappa shape index (κ1) is 16.2. The molecule has 2 aliphatic heterocycles. The van der Waals surface area contributed by atoms with Crippen LogP contribution in [0.3, 0.4) is 0 Å². The van der Waals surface area contributed by atoms with Gasteiger partial charge >= 0.3 is 0 Å². The first-order chi connectivity index (χ1) is 11.1. The lowest BCUT2D eigenvalue weighted by atomic mass is 9.90. The van der Waals surface area contributed by atoms with Crippen LogP contribution in [0.25, 0.3) is 0 Å². The number of ether oxygens (including phenoxy) is 1. The Kier molecular flexibility index (Phi) is 4.80. The lowest BCUT2D eigenvalue weighted by Crippen LogP contribution is -2.59. The van der Waals surface area contributed by atoms with Crippen molar-refractivity contribution in [3.8, 4) is 0 Å². The molecule has 0 radical (unpaired) electrons. The summed E-state index contributed by atoms with van der Waals surface area (Å²) in [6, 6.07) is 0. The molecule has 1 aromatic rings. The van der Waals surface area contributed by atoms with E-state index in [0.29, 0.717) is 25.7 Å². The van der Waals surface area contributed by atoms with Gasteiger partial charge in [0.05, 0.1) is 24.9 Å². The molecule has 3 heterocycles. The van der Waals surface area contributed by atoms with Crippen molar-refractivity contribution in [1.29, 1.82) is 0 Å². The smallest absolute Gasteiger partial charge is 0.226 e. The van der Waals surface area contributed by atoms with E-state index >= 15 is 0 Å². The van der Waals surface area contributed by atoms with E-state index in [-0.39, 0.29) is 11.5 Å². The van der Waals surface area contributed by atoms with Gasteiger partial charge in [0.2, 0.25) is 5.91 Å². The van der Waals surface area contributed by atoms with Gasteiger partial charge in [-0.05, 0) is 26.2 Å². The molecule has 1 unspecified atom stereocenters. The van der Waals surface area contributed by atoms with Crippen molar-refractivity contribution in [3.05, 3.63) is 18.6 Å². The number of morpholine rings is 1. The highest BCUT2D eigenvalue weighted by Crippen LogP contribution is 2.29. The van der Waals surface area contributed by atoms with Crippen LogP contribution in [0.1, 0.15) is 33.1 Å². The third-order valence-electron chi connectivity index (χ3n) is 5.27. The molecule has 0 aliphatic carbocycles. The Morgan fingerprint density at radius 3 is 2.78 bits per heavy atom. The second kappa shape index (κ2) is 6.83. The SMILES string of the molecule is CCC1(C)COCCN1C(=O)C1CCN(c2cnccn2)CC1. The molecular formula is C17H26N4O2. The predicted molar refractivity (Wildman–Crippen MR) is 88.2 cm³/mol. The van der Waals surface area contributed by atoms with Gasteiger partial charge in [-0.1, -0.05) is 6.92 Å². The Balaban J connectivity index is 1.62. The molecule has 0 bridgehead atoms. The van der Waals surface area contributed by atoms with Gasteiger partial charge in [0.1, 0.15) is 5.82 Å². The summed E-state index contributed by atoms with van der Waals surface area (Å²) >= 11 is 0. The van der Waals surface area contributed by atoms with Crippen LogP contribution in [0.15, 0.2) is 18.6 Å². The fraction of sp³-hybridized carbons (Fsp3) is 0.706. The molecule has 23 heavy (non-hydrogen) atoms. The Bertz CT molecular complexity index is 531. The summed E-state index contributed by atoms with van der Waals surface area (Å²) in [6.07, 6.45) is 7.88. The maximum Gasteiger partial charge on any atom is 0.226 e. The number of hydrogen-bond donors (Lipinski definition) is 0. The summed E-state index contributed by atoms with van der Waals surface area (Å²) in [5.74, 6) is 1.33. The second-order valence-electron chi connectivity index (χ2n) is 6.72. The Morgan fingerprint density at radius 2 is 2.13 bits per heavy atom. The van der Waals surface area contributed by atoms with Crippen LogP contribution in [-0.2, 0) is 9.53 Å². The van der Waals surface area contributed by atoms with Crippen LogP contribution in [0.4, 0.5) is 5.82 Å². The van der Waals surface area contributed by atoms with Crippen LogP contribution in [0.2, 0.25) is 0 Å². The fourth-order valence-corrected chi connectivity index (χ4v) is 3.50. The topological polar surface area (TPSA) is 58.6 Å². The molecule has 0 saturated carbocycles. The van der Waals surface area contributed by atoms with Crippen molar-refractivity contribution in [1.82, 2.24) is 14.9 Å². The highest BCUT2D eigenvalue weighted by Gasteiger charge is 2.40. The molecule has 0 spiro atoms. The number of anilines is 1. The Hall–Kier alpha value is -1.69. The summed E-state index contributed by atoms with van der Waals surface area (Å²) in [4.78, 5) is 25.8. The van der Waals surface area contributed by atoms with E-state index < -0.39 is 0 Å². The number of nitrogens with zero attached hydrogens (tertiary/aromatic N) is 4. The van der Waals surface area contributed by atoms with Crippen molar-refractivity contribution in [2.45, 2.75) is 38.6 Å². The number of piperidine rings is 1. The molecule has 1 amide bonds. The maximum atomic E-state index is 13.0. The molecule has 126 valence electrons. The van der Waals surface area contributed by atoms with Crippen LogP contribution in [0.5, 0.6) is 0 Å². The van der Waals surface area contributed by atoms with Crippen LogP contribution in [0, 0.1) is 5.92 Å². The van der Waals surface area contributed by atoms with Crippen molar-refractivity contribution in [2.24, 2.45) is 5.92 Å². The van der Waals surface area contributed by atoms with E-state index in [0.717, 1.165) is 38.2 Å². The number of hydrogen-bond acceptors (Lipinski definition) is 5. The fourth-order valence-electron chi connectivity index (χ4n) is 3.50. The molecule has 1 atom stereocenters. The van der Waals surface area contributed by atoms with Gasteiger partial charge in [0.25, 0.3) is 0 Å². The van der Waals surface area contributed by atoms with E-state index in [1.54, 1.807) is 18.6 Å². The number of aromatic nitrogens is 2. The van der Waals surface area contributed by atoms with Gasteiger partial charge in [-0.3, -0.25) is 9.78 Å². The van der Waals surface area contributed by atoms with E-state index in [1.807, 2.05) is 0 Å². The van der Waals surface area contributed by atoms with E-state index in [2.05, 4.69) is 33.6 Å². The largest absolute Gasteiger partial charge is 0.377 e. The zero-order valence-electron chi connectivity index (χ0n) is 14.1.